The molecule has 0 saturated carbocycles. The minimum absolute atomic E-state index is 0.124. The molecule has 3 rings (SSSR count). The quantitative estimate of drug-likeness (QED) is 0.405. The number of nitrogens with one attached hydrogen (secondary N) is 2. The van der Waals surface area contributed by atoms with Crippen LogP contribution in [0.2, 0.25) is 0 Å². The maximum atomic E-state index is 12.3. The van der Waals surface area contributed by atoms with Gasteiger partial charge in [0.1, 0.15) is 0 Å². The molecule has 0 aliphatic carbocycles. The van der Waals surface area contributed by atoms with Gasteiger partial charge in [0.25, 0.3) is 15.9 Å². The number of rotatable bonds is 6. The Morgan fingerprint density at radius 2 is 1.71 bits per heavy atom. The lowest BCUT2D eigenvalue weighted by Crippen LogP contribution is -2.20. The smallest absolute Gasteiger partial charge is 0.276 e. The minimum Gasteiger partial charge on any atom is -0.321 e. The highest BCUT2D eigenvalue weighted by molar-refractivity contribution is 9.10. The second kappa shape index (κ2) is 8.68. The summed E-state index contributed by atoms with van der Waals surface area (Å²) in [6, 6.07) is 16.8. The molecule has 9 heteroatoms. The molecule has 0 aliphatic heterocycles. The van der Waals surface area contributed by atoms with Crippen LogP contribution in [-0.4, -0.2) is 20.0 Å². The zero-order chi connectivity index (χ0) is 20.1. The zero-order valence-corrected chi connectivity index (χ0v) is 17.9. The number of benzene rings is 2. The molecule has 2 aromatic carbocycles. The molecule has 1 aromatic heterocycles. The van der Waals surface area contributed by atoms with Crippen LogP contribution >= 0.6 is 27.3 Å². The van der Waals surface area contributed by atoms with E-state index in [2.05, 4.69) is 31.2 Å². The fraction of sp³-hybridized carbons (Fsp3) is 0.0526. The summed E-state index contributed by atoms with van der Waals surface area (Å²) in [6.07, 6.45) is 0. The lowest BCUT2D eigenvalue weighted by atomic mass is 10.1. The summed E-state index contributed by atoms with van der Waals surface area (Å²) in [4.78, 5) is 15.0. The molecule has 0 spiro atoms. The molecule has 0 radical (unpaired) electrons. The maximum absolute atomic E-state index is 12.3. The Hall–Kier alpha value is -2.49. The van der Waals surface area contributed by atoms with Crippen molar-refractivity contribution in [3.63, 3.8) is 0 Å². The van der Waals surface area contributed by atoms with E-state index in [1.54, 1.807) is 49.4 Å². The Morgan fingerprint density at radius 3 is 2.32 bits per heavy atom. The van der Waals surface area contributed by atoms with Crippen molar-refractivity contribution in [2.45, 2.75) is 11.8 Å². The van der Waals surface area contributed by atoms with Gasteiger partial charge >= 0.3 is 0 Å². The Labute approximate surface area is 175 Å². The van der Waals surface area contributed by atoms with Gasteiger partial charge in [-0.05, 0) is 60.3 Å². The number of carbonyl (C=O) groups excluding carboxylic acids is 1. The van der Waals surface area contributed by atoms with Gasteiger partial charge in [0.2, 0.25) is 0 Å². The minimum atomic E-state index is -3.74. The van der Waals surface area contributed by atoms with E-state index < -0.39 is 10.0 Å². The van der Waals surface area contributed by atoms with Crippen LogP contribution in [0.4, 0.5) is 5.69 Å². The van der Waals surface area contributed by atoms with Crippen molar-refractivity contribution in [2.75, 3.05) is 5.32 Å². The van der Waals surface area contributed by atoms with Crippen molar-refractivity contribution in [2.24, 2.45) is 5.10 Å². The van der Waals surface area contributed by atoms with Crippen LogP contribution in [0.25, 0.3) is 0 Å². The van der Waals surface area contributed by atoms with Gasteiger partial charge in [-0.2, -0.15) is 18.4 Å². The van der Waals surface area contributed by atoms with Crippen LogP contribution in [0.1, 0.15) is 22.2 Å². The number of hydrogen-bond acceptors (Lipinski definition) is 5. The first kappa shape index (κ1) is 20.2. The molecule has 28 heavy (non-hydrogen) atoms. The molecule has 0 bridgehead atoms. The highest BCUT2D eigenvalue weighted by Crippen LogP contribution is 2.16. The Balaban J connectivity index is 1.67. The molecule has 1 amide bonds. The topological polar surface area (TPSA) is 87.6 Å². The number of anilines is 1. The average Bonchev–Trinajstić information content (AvgIpc) is 3.22. The molecule has 0 atom stereocenters. The number of halogens is 1. The first-order valence-corrected chi connectivity index (χ1v) is 11.3. The standard InChI is InChI=1S/C19H16BrN3O3S2/c1-13(22-23-28(25,26)17-10-6-15(20)7-11-17)14-4-8-16(9-5-14)21-19(24)18-3-2-12-27-18/h2-12,23H,1H3,(H,21,24)/b22-13+. The number of amides is 1. The maximum Gasteiger partial charge on any atom is 0.276 e. The Kier molecular flexibility index (Phi) is 6.28. The summed E-state index contributed by atoms with van der Waals surface area (Å²) < 4.78 is 25.4. The van der Waals surface area contributed by atoms with Crippen LogP contribution in [0.5, 0.6) is 0 Å². The largest absolute Gasteiger partial charge is 0.321 e. The normalized spacial score (nSPS) is 11.9. The number of hydrazone groups is 1. The predicted octanol–water partition coefficient (Wildman–Crippen LogP) is 4.47. The third-order valence-electron chi connectivity index (χ3n) is 3.76. The molecule has 0 saturated heterocycles. The molecule has 0 aliphatic rings. The molecule has 3 aromatic rings. The molecule has 1 heterocycles. The van der Waals surface area contributed by atoms with Crippen LogP contribution in [0, 0.1) is 0 Å². The monoisotopic (exact) mass is 477 g/mol. The van der Waals surface area contributed by atoms with E-state index in [0.29, 0.717) is 16.3 Å². The highest BCUT2D eigenvalue weighted by Gasteiger charge is 2.13. The first-order valence-electron chi connectivity index (χ1n) is 8.12. The van der Waals surface area contributed by atoms with Crippen molar-refractivity contribution in [3.8, 4) is 0 Å². The predicted molar refractivity (Wildman–Crippen MR) is 115 cm³/mol. The van der Waals surface area contributed by atoms with E-state index in [-0.39, 0.29) is 10.8 Å². The van der Waals surface area contributed by atoms with Gasteiger partial charge in [0.15, 0.2) is 0 Å². The molecular weight excluding hydrogens is 462 g/mol. The van der Waals surface area contributed by atoms with Crippen LogP contribution in [0.3, 0.4) is 0 Å². The molecule has 0 unspecified atom stereocenters. The van der Waals surface area contributed by atoms with Gasteiger partial charge in [-0.15, -0.1) is 11.3 Å². The van der Waals surface area contributed by atoms with Crippen molar-refractivity contribution < 1.29 is 13.2 Å². The SMILES string of the molecule is C/C(=N\NS(=O)(=O)c1ccc(Br)cc1)c1ccc(NC(=O)c2cccs2)cc1. The van der Waals surface area contributed by atoms with E-state index in [4.69, 9.17) is 0 Å². The number of carbonyl (C=O) groups is 1. The molecule has 144 valence electrons. The summed E-state index contributed by atoms with van der Waals surface area (Å²) in [5.41, 5.74) is 1.87. The van der Waals surface area contributed by atoms with E-state index in [0.717, 1.165) is 10.0 Å². The summed E-state index contributed by atoms with van der Waals surface area (Å²) in [7, 11) is -3.74. The summed E-state index contributed by atoms with van der Waals surface area (Å²) in [6.45, 7) is 1.70. The third-order valence-corrected chi connectivity index (χ3v) is 6.38. The summed E-state index contributed by atoms with van der Waals surface area (Å²) >= 11 is 4.64. The second-order valence-corrected chi connectivity index (χ2v) is 9.28. The molecule has 6 nitrogen and oxygen atoms in total. The van der Waals surface area contributed by atoms with Crippen LogP contribution in [-0.2, 0) is 10.0 Å². The Morgan fingerprint density at radius 1 is 1.04 bits per heavy atom. The molecule has 2 N–H and O–H groups in total. The van der Waals surface area contributed by atoms with Gasteiger partial charge in [-0.3, -0.25) is 4.79 Å². The van der Waals surface area contributed by atoms with E-state index >= 15 is 0 Å². The van der Waals surface area contributed by atoms with Gasteiger partial charge < -0.3 is 5.32 Å². The highest BCUT2D eigenvalue weighted by atomic mass is 79.9. The summed E-state index contributed by atoms with van der Waals surface area (Å²) in [5, 5.41) is 8.63. The van der Waals surface area contributed by atoms with Crippen LogP contribution in [0.15, 0.2) is 80.5 Å². The lowest BCUT2D eigenvalue weighted by Gasteiger charge is -2.07. The third kappa shape index (κ3) is 5.06. The summed E-state index contributed by atoms with van der Waals surface area (Å²) in [5.74, 6) is -0.171. The number of nitrogens with zero attached hydrogens (tertiary/aromatic N) is 1. The van der Waals surface area contributed by atoms with Gasteiger partial charge in [0.05, 0.1) is 15.5 Å². The van der Waals surface area contributed by atoms with Gasteiger partial charge in [0, 0.05) is 10.2 Å². The number of hydrogen-bond donors (Lipinski definition) is 2. The second-order valence-electron chi connectivity index (χ2n) is 5.75. The van der Waals surface area contributed by atoms with Crippen molar-refractivity contribution in [3.05, 3.63) is 81.0 Å². The molecule has 0 fully saturated rings. The molecular formula is C19H16BrN3O3S2. The van der Waals surface area contributed by atoms with E-state index in [1.807, 2.05) is 11.4 Å². The fourth-order valence-electron chi connectivity index (χ4n) is 2.25. The fourth-order valence-corrected chi connectivity index (χ4v) is 3.99. The van der Waals surface area contributed by atoms with Crippen molar-refractivity contribution in [1.82, 2.24) is 4.83 Å². The first-order chi connectivity index (χ1) is 13.3. The van der Waals surface area contributed by atoms with Crippen LogP contribution < -0.4 is 10.1 Å². The lowest BCUT2D eigenvalue weighted by molar-refractivity contribution is 0.103. The average molecular weight is 478 g/mol. The van der Waals surface area contributed by atoms with E-state index in [1.165, 1.54) is 23.5 Å². The van der Waals surface area contributed by atoms with Crippen molar-refractivity contribution >= 4 is 54.6 Å². The zero-order valence-electron chi connectivity index (χ0n) is 14.7. The number of sulfonamides is 1. The van der Waals surface area contributed by atoms with Gasteiger partial charge in [-0.25, -0.2) is 0 Å². The Bertz CT molecular complexity index is 1090. The van der Waals surface area contributed by atoms with E-state index in [9.17, 15) is 13.2 Å². The number of thiophene rings is 1. The van der Waals surface area contributed by atoms with Gasteiger partial charge in [-0.1, -0.05) is 34.1 Å². The van der Waals surface area contributed by atoms with Crippen molar-refractivity contribution in [1.29, 1.82) is 0 Å².